The molecule has 0 saturated carbocycles. The van der Waals surface area contributed by atoms with Gasteiger partial charge in [-0.25, -0.2) is 5.06 Å². The van der Waals surface area contributed by atoms with Crippen molar-refractivity contribution >= 4 is 34.8 Å². The average molecular weight is 617 g/mol. The zero-order chi connectivity index (χ0) is 31.6. The Morgan fingerprint density at radius 1 is 1.05 bits per heavy atom. The van der Waals surface area contributed by atoms with Gasteiger partial charge in [0.1, 0.15) is 11.5 Å². The molecule has 5 rings (SSSR count). The number of fused-ring (bicyclic) bond motifs is 3. The molecule has 0 spiro atoms. The number of ketones is 2. The van der Waals surface area contributed by atoms with Crippen molar-refractivity contribution in [3.63, 3.8) is 0 Å². The summed E-state index contributed by atoms with van der Waals surface area (Å²) in [7, 11) is 2.84. The van der Waals surface area contributed by atoms with Crippen LogP contribution < -0.4 is 10.4 Å². The number of rotatable bonds is 12. The molecule has 1 aromatic heterocycles. The third kappa shape index (κ3) is 6.15. The van der Waals surface area contributed by atoms with E-state index in [0.29, 0.717) is 10.6 Å². The number of nitrogens with zero attached hydrogens (tertiary/aromatic N) is 3. The number of Topliss-reactive ketones (excluding diaryl/α,β-unsaturated/α-hetero) is 1. The van der Waals surface area contributed by atoms with Gasteiger partial charge in [0.2, 0.25) is 11.6 Å². The molecule has 228 valence electrons. The fraction of sp³-hybridized carbons (Fsp3) is 0.273. The number of esters is 1. The molecular formula is C33H33ClN4O6. The molecule has 3 aromatic carbocycles. The molecule has 1 aliphatic rings. The molecule has 0 bridgehead atoms. The summed E-state index contributed by atoms with van der Waals surface area (Å²) >= 11 is 6.02. The highest BCUT2D eigenvalue weighted by molar-refractivity contribution is 6.30. The molecule has 0 aliphatic heterocycles. The molecule has 0 amide bonds. The third-order valence-electron chi connectivity index (χ3n) is 7.79. The number of methoxy groups -OCH3 is 1. The number of hydroxylamine groups is 1. The number of halogens is 1. The fourth-order valence-electron chi connectivity index (χ4n) is 5.48. The maximum Gasteiger partial charge on any atom is 0.307 e. The lowest BCUT2D eigenvalue weighted by molar-refractivity contribution is -0.147. The van der Waals surface area contributed by atoms with E-state index >= 15 is 0 Å². The SMILES string of the molecule is COC(=O)C[C@H](NC(C)(OCC1c2ccccc2-c2ccccc21)N(O)c1cn(C)nc1C(=O)c1ccc(Cl)cc1)C(C)=O. The van der Waals surface area contributed by atoms with Crippen LogP contribution in [0.5, 0.6) is 0 Å². The van der Waals surface area contributed by atoms with Gasteiger partial charge in [0.15, 0.2) is 5.69 Å². The van der Waals surface area contributed by atoms with Crippen LogP contribution >= 0.6 is 11.6 Å². The molecule has 1 aliphatic carbocycles. The molecule has 1 unspecified atom stereocenters. The standard InChI is InChI=1S/C33H33ClN4O6/c1-20(39)28(17-30(40)43-4)35-33(2,44-19-27-25-11-7-5-9-23(25)24-10-6-8-12-26(24)27)38(42)29-18-37(3)36-31(29)32(41)21-13-15-22(34)16-14-21/h5-16,18,27-28,35,42H,17,19H2,1-4H3/t28-,33?/m0/s1. The van der Waals surface area contributed by atoms with E-state index in [1.54, 1.807) is 31.3 Å². The normalized spacial score (nSPS) is 14.3. The van der Waals surface area contributed by atoms with Gasteiger partial charge in [-0.1, -0.05) is 60.1 Å². The molecule has 10 nitrogen and oxygen atoms in total. The second-order valence-electron chi connectivity index (χ2n) is 10.8. The number of carbonyl (C=O) groups is 3. The number of anilines is 1. The zero-order valence-electron chi connectivity index (χ0n) is 24.8. The van der Waals surface area contributed by atoms with E-state index in [9.17, 15) is 19.6 Å². The van der Waals surface area contributed by atoms with Crippen LogP contribution in [0.3, 0.4) is 0 Å². The summed E-state index contributed by atoms with van der Waals surface area (Å²) in [5, 5.41) is 20.4. The first-order chi connectivity index (χ1) is 21.0. The van der Waals surface area contributed by atoms with Gasteiger partial charge >= 0.3 is 5.97 Å². The first kappa shape index (κ1) is 31.1. The number of nitrogens with one attached hydrogen (secondary N) is 1. The highest BCUT2D eigenvalue weighted by atomic mass is 35.5. The highest BCUT2D eigenvalue weighted by Gasteiger charge is 2.41. The van der Waals surface area contributed by atoms with Crippen LogP contribution in [0.4, 0.5) is 5.69 Å². The summed E-state index contributed by atoms with van der Waals surface area (Å²) < 4.78 is 12.7. The summed E-state index contributed by atoms with van der Waals surface area (Å²) in [6.45, 7) is 2.93. The quantitative estimate of drug-likeness (QED) is 0.0967. The Morgan fingerprint density at radius 3 is 2.20 bits per heavy atom. The number of benzene rings is 3. The van der Waals surface area contributed by atoms with Crippen molar-refractivity contribution in [2.45, 2.75) is 38.1 Å². The van der Waals surface area contributed by atoms with Gasteiger partial charge in [-0.3, -0.25) is 29.6 Å². The lowest BCUT2D eigenvalue weighted by Crippen LogP contribution is -2.63. The van der Waals surface area contributed by atoms with Crippen molar-refractivity contribution in [3.8, 4) is 11.1 Å². The van der Waals surface area contributed by atoms with Crippen LogP contribution in [0.1, 0.15) is 53.4 Å². The molecule has 4 aromatic rings. The first-order valence-corrected chi connectivity index (χ1v) is 14.4. The zero-order valence-corrected chi connectivity index (χ0v) is 25.5. The molecule has 44 heavy (non-hydrogen) atoms. The van der Waals surface area contributed by atoms with Crippen molar-refractivity contribution in [2.75, 3.05) is 18.8 Å². The fourth-order valence-corrected chi connectivity index (χ4v) is 5.61. The minimum atomic E-state index is -1.82. The number of hydrogen-bond acceptors (Lipinski definition) is 9. The number of aryl methyl sites for hydroxylation is 1. The molecule has 1 heterocycles. The summed E-state index contributed by atoms with van der Waals surface area (Å²) in [4.78, 5) is 38.5. The Bertz CT molecular complexity index is 1660. The molecule has 0 fully saturated rings. The van der Waals surface area contributed by atoms with Gasteiger partial charge in [-0.15, -0.1) is 0 Å². The largest absolute Gasteiger partial charge is 0.469 e. The second kappa shape index (κ2) is 12.7. The van der Waals surface area contributed by atoms with Crippen LogP contribution in [0.2, 0.25) is 5.02 Å². The van der Waals surface area contributed by atoms with Crippen molar-refractivity contribution in [3.05, 3.63) is 106 Å². The number of aromatic nitrogens is 2. The predicted octanol–water partition coefficient (Wildman–Crippen LogP) is 5.11. The highest BCUT2D eigenvalue weighted by Crippen LogP contribution is 2.45. The van der Waals surface area contributed by atoms with Crippen LogP contribution in [-0.4, -0.2) is 58.1 Å². The Hall–Kier alpha value is -4.35. The van der Waals surface area contributed by atoms with Gasteiger partial charge < -0.3 is 9.47 Å². The van der Waals surface area contributed by atoms with E-state index in [1.807, 2.05) is 36.4 Å². The summed E-state index contributed by atoms with van der Waals surface area (Å²) in [6, 6.07) is 21.3. The Morgan fingerprint density at radius 2 is 1.64 bits per heavy atom. The van der Waals surface area contributed by atoms with Crippen LogP contribution in [0.25, 0.3) is 11.1 Å². The minimum Gasteiger partial charge on any atom is -0.469 e. The Labute approximate surface area is 260 Å². The average Bonchev–Trinajstić information content (AvgIpc) is 3.57. The molecule has 0 radical (unpaired) electrons. The maximum absolute atomic E-state index is 13.5. The van der Waals surface area contributed by atoms with Gasteiger partial charge in [-0.05, 0) is 53.4 Å². The predicted molar refractivity (Wildman–Crippen MR) is 165 cm³/mol. The van der Waals surface area contributed by atoms with E-state index in [-0.39, 0.29) is 36.1 Å². The van der Waals surface area contributed by atoms with Crippen LogP contribution in [0, 0.1) is 0 Å². The van der Waals surface area contributed by atoms with Crippen molar-refractivity contribution in [2.24, 2.45) is 7.05 Å². The van der Waals surface area contributed by atoms with E-state index in [1.165, 1.54) is 31.8 Å². The third-order valence-corrected chi connectivity index (χ3v) is 8.04. The van der Waals surface area contributed by atoms with Gasteiger partial charge in [0.25, 0.3) is 0 Å². The Kier molecular flexibility index (Phi) is 8.98. The van der Waals surface area contributed by atoms with E-state index in [2.05, 4.69) is 22.5 Å². The van der Waals surface area contributed by atoms with Crippen molar-refractivity contribution < 1.29 is 29.1 Å². The topological polar surface area (TPSA) is 123 Å². The van der Waals surface area contributed by atoms with Gasteiger partial charge in [-0.2, -0.15) is 5.10 Å². The first-order valence-electron chi connectivity index (χ1n) is 14.0. The number of carbonyl (C=O) groups excluding carboxylic acids is 3. The van der Waals surface area contributed by atoms with Crippen molar-refractivity contribution in [1.82, 2.24) is 15.1 Å². The van der Waals surface area contributed by atoms with Crippen molar-refractivity contribution in [1.29, 1.82) is 0 Å². The van der Waals surface area contributed by atoms with E-state index in [0.717, 1.165) is 27.3 Å². The number of ether oxygens (including phenoxy) is 2. The maximum atomic E-state index is 13.5. The van der Waals surface area contributed by atoms with Crippen LogP contribution in [-0.2, 0) is 26.1 Å². The molecule has 2 N–H and O–H groups in total. The smallest absolute Gasteiger partial charge is 0.307 e. The lowest BCUT2D eigenvalue weighted by Gasteiger charge is -2.40. The van der Waals surface area contributed by atoms with Crippen LogP contribution in [0.15, 0.2) is 79.0 Å². The minimum absolute atomic E-state index is 0.0232. The summed E-state index contributed by atoms with van der Waals surface area (Å²) in [6.07, 6.45) is 1.16. The molecule has 0 saturated heterocycles. The summed E-state index contributed by atoms with van der Waals surface area (Å²) in [5.74, 6) is -3.48. The molecule has 2 atom stereocenters. The van der Waals surface area contributed by atoms with E-state index < -0.39 is 23.6 Å². The number of hydrogen-bond donors (Lipinski definition) is 2. The molecule has 11 heteroatoms. The van der Waals surface area contributed by atoms with Gasteiger partial charge in [0.05, 0.1) is 32.4 Å². The van der Waals surface area contributed by atoms with Gasteiger partial charge in [0, 0.05) is 30.5 Å². The van der Waals surface area contributed by atoms with E-state index in [4.69, 9.17) is 21.1 Å². The molecular weight excluding hydrogens is 584 g/mol. The summed E-state index contributed by atoms with van der Waals surface area (Å²) in [5.41, 5.74) is 4.55. The monoisotopic (exact) mass is 616 g/mol. The Balaban J connectivity index is 1.53. The lowest BCUT2D eigenvalue weighted by atomic mass is 9.98. The second-order valence-corrected chi connectivity index (χ2v) is 11.2.